The predicted octanol–water partition coefficient (Wildman–Crippen LogP) is 1.50. The normalized spacial score (nSPS) is 28.1. The van der Waals surface area contributed by atoms with Gasteiger partial charge in [-0.25, -0.2) is 0 Å². The molecule has 1 aliphatic heterocycles. The number of aliphatic hydroxyl groups is 1. The second-order valence-corrected chi connectivity index (χ2v) is 4.22. The highest BCUT2D eigenvalue weighted by Gasteiger charge is 2.27. The number of hydrogen-bond acceptors (Lipinski definition) is 2. The molecule has 1 aliphatic rings. The Kier molecular flexibility index (Phi) is 2.85. The van der Waals surface area contributed by atoms with E-state index in [-0.39, 0.29) is 6.10 Å². The molecule has 0 aromatic heterocycles. The quantitative estimate of drug-likeness (QED) is 0.765. The van der Waals surface area contributed by atoms with Crippen LogP contribution in [0.4, 0.5) is 0 Å². The summed E-state index contributed by atoms with van der Waals surface area (Å²) in [5, 5.41) is 9.60. The first-order valence-electron chi connectivity index (χ1n) is 5.20. The molecule has 2 atom stereocenters. The Balaban J connectivity index is 1.94. The Morgan fingerprint density at radius 2 is 2.00 bits per heavy atom. The lowest BCUT2D eigenvalue weighted by molar-refractivity contribution is 0.147. The molecule has 2 heteroatoms. The van der Waals surface area contributed by atoms with Crippen molar-refractivity contribution in [2.75, 3.05) is 13.1 Å². The fourth-order valence-electron chi connectivity index (χ4n) is 2.02. The van der Waals surface area contributed by atoms with E-state index in [1.807, 2.05) is 6.07 Å². The van der Waals surface area contributed by atoms with E-state index in [0.717, 1.165) is 19.6 Å². The van der Waals surface area contributed by atoms with Gasteiger partial charge < -0.3 is 5.11 Å². The molecule has 1 N–H and O–H groups in total. The van der Waals surface area contributed by atoms with Crippen LogP contribution < -0.4 is 0 Å². The maximum absolute atomic E-state index is 9.60. The van der Waals surface area contributed by atoms with E-state index in [1.165, 1.54) is 5.56 Å². The first kappa shape index (κ1) is 9.69. The van der Waals surface area contributed by atoms with Crippen molar-refractivity contribution < 1.29 is 5.11 Å². The van der Waals surface area contributed by atoms with Gasteiger partial charge in [-0.05, 0) is 11.5 Å². The summed E-state index contributed by atoms with van der Waals surface area (Å²) in [5.41, 5.74) is 1.33. The van der Waals surface area contributed by atoms with E-state index >= 15 is 0 Å². The van der Waals surface area contributed by atoms with Crippen LogP contribution in [-0.4, -0.2) is 29.2 Å². The minimum absolute atomic E-state index is 0.140. The highest BCUT2D eigenvalue weighted by Crippen LogP contribution is 2.18. The van der Waals surface area contributed by atoms with E-state index in [9.17, 15) is 5.11 Å². The summed E-state index contributed by atoms with van der Waals surface area (Å²) in [6, 6.07) is 10.4. The Labute approximate surface area is 85.2 Å². The van der Waals surface area contributed by atoms with Crippen molar-refractivity contribution in [1.82, 2.24) is 4.90 Å². The molecule has 0 aliphatic carbocycles. The first-order valence-corrected chi connectivity index (χ1v) is 5.20. The lowest BCUT2D eigenvalue weighted by atomic mass is 10.1. The van der Waals surface area contributed by atoms with Crippen LogP contribution in [0.25, 0.3) is 0 Å². The molecule has 2 nitrogen and oxygen atoms in total. The number of likely N-dealkylation sites (tertiary alicyclic amines) is 1. The van der Waals surface area contributed by atoms with Crippen LogP contribution in [0.5, 0.6) is 0 Å². The molecule has 1 aromatic carbocycles. The lowest BCUT2D eigenvalue weighted by Gasteiger charge is -2.14. The Hall–Kier alpha value is -0.860. The first-order chi connectivity index (χ1) is 6.75. The molecule has 0 radical (unpaired) electrons. The van der Waals surface area contributed by atoms with Crippen LogP contribution in [0.15, 0.2) is 30.3 Å². The van der Waals surface area contributed by atoms with Crippen molar-refractivity contribution >= 4 is 0 Å². The Morgan fingerprint density at radius 1 is 1.29 bits per heavy atom. The smallest absolute Gasteiger partial charge is 0.0704 e. The summed E-state index contributed by atoms with van der Waals surface area (Å²) < 4.78 is 0. The van der Waals surface area contributed by atoms with Gasteiger partial charge in [-0.2, -0.15) is 0 Å². The van der Waals surface area contributed by atoms with Crippen molar-refractivity contribution in [1.29, 1.82) is 0 Å². The zero-order valence-electron chi connectivity index (χ0n) is 8.56. The van der Waals surface area contributed by atoms with Crippen LogP contribution in [0.2, 0.25) is 0 Å². The van der Waals surface area contributed by atoms with Gasteiger partial charge in [0.2, 0.25) is 0 Å². The molecular formula is C12H17NO. The van der Waals surface area contributed by atoms with E-state index < -0.39 is 0 Å². The van der Waals surface area contributed by atoms with Gasteiger partial charge in [-0.15, -0.1) is 0 Å². The number of rotatable bonds is 2. The highest BCUT2D eigenvalue weighted by atomic mass is 16.3. The molecule has 1 aromatic rings. The summed E-state index contributed by atoms with van der Waals surface area (Å²) in [5.74, 6) is 0.415. The third kappa shape index (κ3) is 2.14. The van der Waals surface area contributed by atoms with Crippen molar-refractivity contribution in [3.63, 3.8) is 0 Å². The van der Waals surface area contributed by atoms with Gasteiger partial charge in [0.1, 0.15) is 0 Å². The van der Waals surface area contributed by atoms with Crippen molar-refractivity contribution in [3.05, 3.63) is 35.9 Å². The maximum Gasteiger partial charge on any atom is 0.0704 e. The average Bonchev–Trinajstić information content (AvgIpc) is 2.47. The largest absolute Gasteiger partial charge is 0.391 e. The van der Waals surface area contributed by atoms with Gasteiger partial charge in [0.25, 0.3) is 0 Å². The number of hydrogen-bond donors (Lipinski definition) is 1. The molecule has 0 spiro atoms. The molecule has 1 fully saturated rings. The minimum atomic E-state index is -0.140. The molecular weight excluding hydrogens is 174 g/mol. The van der Waals surface area contributed by atoms with Gasteiger partial charge in [0.05, 0.1) is 6.10 Å². The predicted molar refractivity (Wildman–Crippen MR) is 56.9 cm³/mol. The second-order valence-electron chi connectivity index (χ2n) is 4.22. The SMILES string of the molecule is C[C@@H]1CN(Cc2ccccc2)C[C@@H]1O. The number of benzene rings is 1. The van der Waals surface area contributed by atoms with E-state index in [0.29, 0.717) is 5.92 Å². The van der Waals surface area contributed by atoms with Crippen LogP contribution >= 0.6 is 0 Å². The van der Waals surface area contributed by atoms with Crippen LogP contribution in [0.3, 0.4) is 0 Å². The number of β-amino-alcohol motifs (C(OH)–C–C–N with tert-alkyl or cyclic N) is 1. The van der Waals surface area contributed by atoms with E-state index in [1.54, 1.807) is 0 Å². The van der Waals surface area contributed by atoms with Crippen molar-refractivity contribution in [3.8, 4) is 0 Å². The van der Waals surface area contributed by atoms with Crippen LogP contribution in [-0.2, 0) is 6.54 Å². The van der Waals surface area contributed by atoms with Gasteiger partial charge in [-0.1, -0.05) is 37.3 Å². The maximum atomic E-state index is 9.60. The topological polar surface area (TPSA) is 23.5 Å². The fourth-order valence-corrected chi connectivity index (χ4v) is 2.02. The molecule has 1 saturated heterocycles. The van der Waals surface area contributed by atoms with Gasteiger partial charge in [0.15, 0.2) is 0 Å². The zero-order valence-corrected chi connectivity index (χ0v) is 8.56. The molecule has 0 bridgehead atoms. The molecule has 0 unspecified atom stereocenters. The van der Waals surface area contributed by atoms with Gasteiger partial charge in [0, 0.05) is 19.6 Å². The summed E-state index contributed by atoms with van der Waals surface area (Å²) >= 11 is 0. The van der Waals surface area contributed by atoms with Crippen molar-refractivity contribution in [2.24, 2.45) is 5.92 Å². The summed E-state index contributed by atoms with van der Waals surface area (Å²) in [6.07, 6.45) is -0.140. The van der Waals surface area contributed by atoms with E-state index in [4.69, 9.17) is 0 Å². The fraction of sp³-hybridized carbons (Fsp3) is 0.500. The van der Waals surface area contributed by atoms with Crippen LogP contribution in [0.1, 0.15) is 12.5 Å². The average molecular weight is 191 g/mol. The Bertz CT molecular complexity index is 276. The monoisotopic (exact) mass is 191 g/mol. The summed E-state index contributed by atoms with van der Waals surface area (Å²) in [4.78, 5) is 2.31. The minimum Gasteiger partial charge on any atom is -0.391 e. The summed E-state index contributed by atoms with van der Waals surface area (Å²) in [7, 11) is 0. The number of nitrogens with zero attached hydrogens (tertiary/aromatic N) is 1. The number of aliphatic hydroxyl groups excluding tert-OH is 1. The molecule has 2 rings (SSSR count). The summed E-state index contributed by atoms with van der Waals surface area (Å²) in [6.45, 7) is 4.89. The Morgan fingerprint density at radius 3 is 2.57 bits per heavy atom. The molecule has 14 heavy (non-hydrogen) atoms. The molecule has 76 valence electrons. The second kappa shape index (κ2) is 4.11. The van der Waals surface area contributed by atoms with E-state index in [2.05, 4.69) is 36.1 Å². The molecule has 0 amide bonds. The standard InChI is InChI=1S/C12H17NO/c1-10-7-13(9-12(10)14)8-11-5-3-2-4-6-11/h2-6,10,12,14H,7-9H2,1H3/t10-,12+/m1/s1. The third-order valence-corrected chi connectivity index (χ3v) is 2.90. The van der Waals surface area contributed by atoms with Gasteiger partial charge in [-0.3, -0.25) is 4.90 Å². The molecule has 1 heterocycles. The van der Waals surface area contributed by atoms with Gasteiger partial charge >= 0.3 is 0 Å². The molecule has 0 saturated carbocycles. The zero-order chi connectivity index (χ0) is 9.97. The highest BCUT2D eigenvalue weighted by molar-refractivity contribution is 5.14. The van der Waals surface area contributed by atoms with Crippen molar-refractivity contribution in [2.45, 2.75) is 19.6 Å². The van der Waals surface area contributed by atoms with Crippen LogP contribution in [0, 0.1) is 5.92 Å². The lowest BCUT2D eigenvalue weighted by Crippen LogP contribution is -2.21. The third-order valence-electron chi connectivity index (χ3n) is 2.90.